The van der Waals surface area contributed by atoms with Gasteiger partial charge in [-0.15, -0.1) is 0 Å². The summed E-state index contributed by atoms with van der Waals surface area (Å²) in [6.07, 6.45) is 3.33. The lowest BCUT2D eigenvalue weighted by molar-refractivity contribution is 0.0911. The minimum atomic E-state index is -0.104. The average Bonchev–Trinajstić information content (AvgIpc) is 2.26. The monoisotopic (exact) mass is 299 g/mol. The molecule has 0 aromatic heterocycles. The van der Waals surface area contributed by atoms with Crippen molar-refractivity contribution >= 4 is 29.1 Å². The highest BCUT2D eigenvalue weighted by Crippen LogP contribution is 2.29. The molecule has 1 fully saturated rings. The van der Waals surface area contributed by atoms with E-state index in [0.717, 1.165) is 12.8 Å². The van der Waals surface area contributed by atoms with E-state index in [1.165, 1.54) is 6.42 Å². The second kappa shape index (κ2) is 6.15. The van der Waals surface area contributed by atoms with Crippen molar-refractivity contribution in [2.24, 2.45) is 11.8 Å². The van der Waals surface area contributed by atoms with E-state index >= 15 is 0 Å². The van der Waals surface area contributed by atoms with Crippen LogP contribution >= 0.6 is 23.2 Å². The van der Waals surface area contributed by atoms with Crippen molar-refractivity contribution in [1.29, 1.82) is 0 Å². The normalized spacial score (nSPS) is 27.1. The first-order valence-electron chi connectivity index (χ1n) is 6.71. The van der Waals surface area contributed by atoms with Gasteiger partial charge in [-0.25, -0.2) is 0 Å². The minimum Gasteiger partial charge on any atom is -0.349 e. The van der Waals surface area contributed by atoms with Crippen molar-refractivity contribution in [3.05, 3.63) is 33.8 Å². The van der Waals surface area contributed by atoms with Crippen LogP contribution in [0.5, 0.6) is 0 Å². The Morgan fingerprint density at radius 1 is 1.16 bits per heavy atom. The summed E-state index contributed by atoms with van der Waals surface area (Å²) in [5, 5.41) is 4.04. The van der Waals surface area contributed by atoms with Gasteiger partial charge in [-0.1, -0.05) is 37.0 Å². The van der Waals surface area contributed by atoms with E-state index in [1.807, 2.05) is 0 Å². The summed E-state index contributed by atoms with van der Waals surface area (Å²) < 4.78 is 0. The Labute approximate surface area is 124 Å². The van der Waals surface area contributed by atoms with E-state index in [1.54, 1.807) is 18.2 Å². The zero-order valence-corrected chi connectivity index (χ0v) is 12.8. The zero-order valence-electron chi connectivity index (χ0n) is 11.2. The molecule has 2 atom stereocenters. The largest absolute Gasteiger partial charge is 0.349 e. The Morgan fingerprint density at radius 3 is 2.37 bits per heavy atom. The van der Waals surface area contributed by atoms with E-state index in [4.69, 9.17) is 23.2 Å². The predicted octanol–water partition coefficient (Wildman–Crippen LogP) is 4.55. The maximum absolute atomic E-state index is 12.2. The summed E-state index contributed by atoms with van der Waals surface area (Å²) in [5.41, 5.74) is 0.497. The number of rotatable bonds is 2. The molecule has 0 radical (unpaired) electrons. The fraction of sp³-hybridized carbons (Fsp3) is 0.533. The first kappa shape index (κ1) is 14.7. The lowest BCUT2D eigenvalue weighted by Gasteiger charge is -2.32. The minimum absolute atomic E-state index is 0.104. The molecule has 4 heteroatoms. The predicted molar refractivity (Wildman–Crippen MR) is 79.9 cm³/mol. The van der Waals surface area contributed by atoms with Gasteiger partial charge >= 0.3 is 0 Å². The molecule has 0 spiro atoms. The molecule has 0 saturated heterocycles. The van der Waals surface area contributed by atoms with Crippen LogP contribution < -0.4 is 5.32 Å². The Kier molecular flexibility index (Phi) is 4.75. The molecule has 1 N–H and O–H groups in total. The molecule has 1 aromatic rings. The Bertz CT molecular complexity index is 465. The molecule has 19 heavy (non-hydrogen) atoms. The van der Waals surface area contributed by atoms with Gasteiger partial charge in [0.25, 0.3) is 5.91 Å². The Morgan fingerprint density at radius 2 is 1.79 bits per heavy atom. The third-order valence-electron chi connectivity index (χ3n) is 3.69. The van der Waals surface area contributed by atoms with E-state index in [9.17, 15) is 4.79 Å². The van der Waals surface area contributed by atoms with Crippen molar-refractivity contribution in [2.45, 2.75) is 39.2 Å². The van der Waals surface area contributed by atoms with Crippen LogP contribution in [0.1, 0.15) is 43.5 Å². The SMILES string of the molecule is CC1CC(C)CC(NC(=O)c2ccc(Cl)cc2Cl)C1. The van der Waals surface area contributed by atoms with Gasteiger partial charge in [-0.3, -0.25) is 4.79 Å². The molecule has 1 amide bonds. The quantitative estimate of drug-likeness (QED) is 0.853. The third-order valence-corrected chi connectivity index (χ3v) is 4.24. The zero-order chi connectivity index (χ0) is 14.0. The van der Waals surface area contributed by atoms with E-state index in [0.29, 0.717) is 27.4 Å². The molecule has 0 heterocycles. The summed E-state index contributed by atoms with van der Waals surface area (Å²) in [4.78, 5) is 12.2. The summed E-state index contributed by atoms with van der Waals surface area (Å²) in [6, 6.07) is 5.21. The lowest BCUT2D eigenvalue weighted by atomic mass is 9.80. The summed E-state index contributed by atoms with van der Waals surface area (Å²) in [5.74, 6) is 1.22. The Balaban J connectivity index is 2.04. The molecule has 2 unspecified atom stereocenters. The number of hydrogen-bond acceptors (Lipinski definition) is 1. The molecule has 1 aliphatic carbocycles. The second-order valence-electron chi connectivity index (χ2n) is 5.71. The first-order valence-corrected chi connectivity index (χ1v) is 7.47. The van der Waals surface area contributed by atoms with Crippen molar-refractivity contribution in [2.75, 3.05) is 0 Å². The van der Waals surface area contributed by atoms with Crippen LogP contribution in [0.2, 0.25) is 10.0 Å². The van der Waals surface area contributed by atoms with Crippen LogP contribution in [-0.4, -0.2) is 11.9 Å². The van der Waals surface area contributed by atoms with Gasteiger partial charge in [0.15, 0.2) is 0 Å². The van der Waals surface area contributed by atoms with Gasteiger partial charge < -0.3 is 5.32 Å². The highest BCUT2D eigenvalue weighted by molar-refractivity contribution is 6.36. The van der Waals surface area contributed by atoms with Gasteiger partial charge in [-0.05, 0) is 49.3 Å². The molecule has 1 saturated carbocycles. The van der Waals surface area contributed by atoms with E-state index in [2.05, 4.69) is 19.2 Å². The highest BCUT2D eigenvalue weighted by Gasteiger charge is 2.25. The smallest absolute Gasteiger partial charge is 0.253 e. The highest BCUT2D eigenvalue weighted by atomic mass is 35.5. The van der Waals surface area contributed by atoms with Crippen LogP contribution in [0, 0.1) is 11.8 Å². The summed E-state index contributed by atoms with van der Waals surface area (Å²) in [6.45, 7) is 4.48. The fourth-order valence-corrected chi connectivity index (χ4v) is 3.50. The standard InChI is InChI=1S/C15H19Cl2NO/c1-9-5-10(2)7-12(6-9)18-15(19)13-4-3-11(16)8-14(13)17/h3-4,8-10,12H,5-7H2,1-2H3,(H,18,19). The van der Waals surface area contributed by atoms with Crippen molar-refractivity contribution in [3.63, 3.8) is 0 Å². The topological polar surface area (TPSA) is 29.1 Å². The van der Waals surface area contributed by atoms with Crippen molar-refractivity contribution in [3.8, 4) is 0 Å². The van der Waals surface area contributed by atoms with Crippen molar-refractivity contribution in [1.82, 2.24) is 5.32 Å². The summed E-state index contributed by atoms with van der Waals surface area (Å²) >= 11 is 11.9. The van der Waals surface area contributed by atoms with Gasteiger partial charge in [0.05, 0.1) is 10.6 Å². The molecule has 0 bridgehead atoms. The molecule has 2 rings (SSSR count). The van der Waals surface area contributed by atoms with E-state index in [-0.39, 0.29) is 11.9 Å². The summed E-state index contributed by atoms with van der Waals surface area (Å²) in [7, 11) is 0. The molecule has 1 aromatic carbocycles. The average molecular weight is 300 g/mol. The van der Waals surface area contributed by atoms with Crippen molar-refractivity contribution < 1.29 is 4.79 Å². The van der Waals surface area contributed by atoms with E-state index < -0.39 is 0 Å². The number of carbonyl (C=O) groups excluding carboxylic acids is 1. The number of nitrogens with one attached hydrogen (secondary N) is 1. The number of benzene rings is 1. The van der Waals surface area contributed by atoms with Gasteiger partial charge in [0, 0.05) is 11.1 Å². The number of halogens is 2. The number of hydrogen-bond donors (Lipinski definition) is 1. The van der Waals surface area contributed by atoms with Crippen LogP contribution in [-0.2, 0) is 0 Å². The maximum atomic E-state index is 12.2. The molecule has 1 aliphatic rings. The molecule has 104 valence electrons. The van der Waals surface area contributed by atoms with Crippen LogP contribution in [0.25, 0.3) is 0 Å². The molecule has 0 aliphatic heterocycles. The third kappa shape index (κ3) is 3.87. The molecule has 2 nitrogen and oxygen atoms in total. The second-order valence-corrected chi connectivity index (χ2v) is 6.56. The number of carbonyl (C=O) groups is 1. The van der Waals surface area contributed by atoms with Gasteiger partial charge in [-0.2, -0.15) is 0 Å². The lowest BCUT2D eigenvalue weighted by Crippen LogP contribution is -2.40. The molecular formula is C15H19Cl2NO. The van der Waals surface area contributed by atoms with Crippen LogP contribution in [0.3, 0.4) is 0 Å². The van der Waals surface area contributed by atoms with Gasteiger partial charge in [0.1, 0.15) is 0 Å². The Hall–Kier alpha value is -0.730. The van der Waals surface area contributed by atoms with Crippen LogP contribution in [0.4, 0.5) is 0 Å². The van der Waals surface area contributed by atoms with Crippen LogP contribution in [0.15, 0.2) is 18.2 Å². The maximum Gasteiger partial charge on any atom is 0.253 e. The van der Waals surface area contributed by atoms with Gasteiger partial charge in [0.2, 0.25) is 0 Å². The first-order chi connectivity index (χ1) is 8.95. The molecular weight excluding hydrogens is 281 g/mol. The fourth-order valence-electron chi connectivity index (χ4n) is 3.00. The number of amides is 1.